The fraction of sp³-hybridized carbons (Fsp3) is 0.714. The summed E-state index contributed by atoms with van der Waals surface area (Å²) in [6.45, 7) is 11.5. The fourth-order valence-electron chi connectivity index (χ4n) is 4.77. The van der Waals surface area contributed by atoms with E-state index in [1.54, 1.807) is 0 Å². The van der Waals surface area contributed by atoms with Gasteiger partial charge in [0.2, 0.25) is 0 Å². The first-order valence-corrected chi connectivity index (χ1v) is 9.97. The first-order chi connectivity index (χ1) is 11.8. The molecule has 2 atom stereocenters. The molecule has 2 unspecified atom stereocenters. The van der Waals surface area contributed by atoms with Crippen molar-refractivity contribution in [1.29, 1.82) is 0 Å². The molecule has 0 aliphatic heterocycles. The highest BCUT2D eigenvalue weighted by Gasteiger charge is 2.34. The lowest BCUT2D eigenvalue weighted by atomic mass is 9.72. The minimum Gasteiger partial charge on any atom is -0.269 e. The molecule has 0 radical (unpaired) electrons. The zero-order valence-electron chi connectivity index (χ0n) is 16.4. The van der Waals surface area contributed by atoms with Gasteiger partial charge < -0.3 is 0 Å². The van der Waals surface area contributed by atoms with Gasteiger partial charge in [-0.3, -0.25) is 9.36 Å². The Labute approximate surface area is 151 Å². The number of hydrogen-bond acceptors (Lipinski definition) is 2. The van der Waals surface area contributed by atoms with Crippen LogP contribution in [0.15, 0.2) is 12.4 Å². The van der Waals surface area contributed by atoms with E-state index in [4.69, 9.17) is 5.10 Å². The minimum absolute atomic E-state index is 0.296. The molecule has 0 aromatic carbocycles. The van der Waals surface area contributed by atoms with Crippen molar-refractivity contribution in [3.05, 3.63) is 34.9 Å². The first-order valence-electron chi connectivity index (χ1n) is 9.97. The molecule has 0 spiro atoms. The zero-order chi connectivity index (χ0) is 17.8. The molecule has 2 aliphatic carbocycles. The molecule has 4 heteroatoms. The Morgan fingerprint density at radius 1 is 1.12 bits per heavy atom. The topological polar surface area (TPSA) is 35.6 Å². The lowest BCUT2D eigenvalue weighted by molar-refractivity contribution is 0.281. The van der Waals surface area contributed by atoms with E-state index in [1.165, 1.54) is 48.2 Å². The maximum atomic E-state index is 5.14. The van der Waals surface area contributed by atoms with Crippen LogP contribution in [0.25, 0.3) is 0 Å². The monoisotopic (exact) mass is 340 g/mol. The summed E-state index contributed by atoms with van der Waals surface area (Å²) in [6.07, 6.45) is 11.6. The molecule has 2 aromatic heterocycles. The Morgan fingerprint density at radius 3 is 2.64 bits per heavy atom. The van der Waals surface area contributed by atoms with Crippen molar-refractivity contribution in [2.45, 2.75) is 91.1 Å². The Bertz CT molecular complexity index is 759. The van der Waals surface area contributed by atoms with Crippen LogP contribution >= 0.6 is 0 Å². The number of hydrogen-bond donors (Lipinski definition) is 0. The average molecular weight is 341 g/mol. The summed E-state index contributed by atoms with van der Waals surface area (Å²) in [7, 11) is 0. The van der Waals surface area contributed by atoms with Gasteiger partial charge in [0, 0.05) is 30.3 Å². The minimum atomic E-state index is 0.296. The van der Waals surface area contributed by atoms with E-state index in [1.807, 2.05) is 0 Å². The van der Waals surface area contributed by atoms with Gasteiger partial charge in [0.1, 0.15) is 0 Å². The fourth-order valence-corrected chi connectivity index (χ4v) is 4.77. The molecule has 0 saturated carbocycles. The van der Waals surface area contributed by atoms with E-state index >= 15 is 0 Å². The summed E-state index contributed by atoms with van der Waals surface area (Å²) in [4.78, 5) is 0. The maximum absolute atomic E-state index is 5.14. The molecular weight excluding hydrogens is 308 g/mol. The second-order valence-electron chi connectivity index (χ2n) is 9.38. The molecule has 2 aliphatic rings. The smallest absolute Gasteiger partial charge is 0.0692 e. The third-order valence-corrected chi connectivity index (χ3v) is 6.18. The van der Waals surface area contributed by atoms with Crippen LogP contribution in [0, 0.1) is 5.41 Å². The van der Waals surface area contributed by atoms with Crippen molar-refractivity contribution in [1.82, 2.24) is 19.6 Å². The third-order valence-electron chi connectivity index (χ3n) is 6.18. The largest absolute Gasteiger partial charge is 0.269 e. The van der Waals surface area contributed by atoms with Crippen molar-refractivity contribution in [3.63, 3.8) is 0 Å². The SMILES string of the molecule is CC(C)n1ncc2c1CC(n1cc3c(n1)C(C(C)(C)C)CCC3)CC2. The van der Waals surface area contributed by atoms with Crippen molar-refractivity contribution < 1.29 is 0 Å². The number of aromatic nitrogens is 4. The molecule has 4 rings (SSSR count). The van der Waals surface area contributed by atoms with Crippen molar-refractivity contribution in [2.75, 3.05) is 0 Å². The van der Waals surface area contributed by atoms with Crippen LogP contribution in [-0.2, 0) is 19.3 Å². The predicted octanol–water partition coefficient (Wildman–Crippen LogP) is 4.86. The lowest BCUT2D eigenvalue weighted by Crippen LogP contribution is -2.24. The molecule has 0 N–H and O–H groups in total. The summed E-state index contributed by atoms with van der Waals surface area (Å²) < 4.78 is 4.51. The summed E-state index contributed by atoms with van der Waals surface area (Å²) in [5.41, 5.74) is 6.03. The molecule has 0 amide bonds. The van der Waals surface area contributed by atoms with Crippen LogP contribution in [0.2, 0.25) is 0 Å². The Hall–Kier alpha value is -1.58. The van der Waals surface area contributed by atoms with Crippen LogP contribution in [-0.4, -0.2) is 19.6 Å². The summed E-state index contributed by atoms with van der Waals surface area (Å²) in [6, 6.07) is 0.909. The summed E-state index contributed by atoms with van der Waals surface area (Å²) in [5, 5.41) is 9.76. The predicted molar refractivity (Wildman–Crippen MR) is 101 cm³/mol. The van der Waals surface area contributed by atoms with Gasteiger partial charge in [-0.25, -0.2) is 0 Å². The lowest BCUT2D eigenvalue weighted by Gasteiger charge is -2.33. The maximum Gasteiger partial charge on any atom is 0.0692 e. The standard InChI is InChI=1S/C21H32N4/c1-14(2)25-19-11-17(10-9-15(19)12-22-25)24-13-16-7-6-8-18(20(16)23-24)21(3,4)5/h12-14,17-18H,6-11H2,1-5H3. The van der Waals surface area contributed by atoms with E-state index in [-0.39, 0.29) is 0 Å². The zero-order valence-corrected chi connectivity index (χ0v) is 16.4. The Balaban J connectivity index is 1.64. The molecule has 0 saturated heterocycles. The van der Waals surface area contributed by atoms with Crippen molar-refractivity contribution >= 4 is 0 Å². The van der Waals surface area contributed by atoms with Gasteiger partial charge in [0.05, 0.1) is 17.9 Å². The van der Waals surface area contributed by atoms with Gasteiger partial charge in [0.25, 0.3) is 0 Å². The van der Waals surface area contributed by atoms with E-state index in [0.717, 1.165) is 12.8 Å². The van der Waals surface area contributed by atoms with Gasteiger partial charge in [-0.05, 0) is 62.5 Å². The number of rotatable bonds is 2. The van der Waals surface area contributed by atoms with Crippen LogP contribution in [0.1, 0.15) is 94.4 Å². The Morgan fingerprint density at radius 2 is 1.92 bits per heavy atom. The molecule has 2 aromatic rings. The van der Waals surface area contributed by atoms with Gasteiger partial charge in [-0.1, -0.05) is 20.8 Å². The molecule has 4 nitrogen and oxygen atoms in total. The Kier molecular flexibility index (Phi) is 4.04. The van der Waals surface area contributed by atoms with Gasteiger partial charge in [-0.2, -0.15) is 10.2 Å². The van der Waals surface area contributed by atoms with Crippen LogP contribution in [0.3, 0.4) is 0 Å². The van der Waals surface area contributed by atoms with Crippen molar-refractivity contribution in [3.8, 4) is 0 Å². The second kappa shape index (κ2) is 6.00. The normalized spacial score (nSPS) is 23.6. The number of nitrogens with zero attached hydrogens (tertiary/aromatic N) is 4. The van der Waals surface area contributed by atoms with Crippen LogP contribution < -0.4 is 0 Å². The van der Waals surface area contributed by atoms with Crippen LogP contribution in [0.4, 0.5) is 0 Å². The van der Waals surface area contributed by atoms with Crippen molar-refractivity contribution in [2.24, 2.45) is 5.41 Å². The molecule has 25 heavy (non-hydrogen) atoms. The molecule has 136 valence electrons. The van der Waals surface area contributed by atoms with Gasteiger partial charge in [-0.15, -0.1) is 0 Å². The third kappa shape index (κ3) is 2.94. The highest BCUT2D eigenvalue weighted by atomic mass is 15.3. The number of fused-ring (bicyclic) bond motifs is 2. The molecule has 2 heterocycles. The molecular formula is C21H32N4. The first kappa shape index (κ1) is 16.9. The second-order valence-corrected chi connectivity index (χ2v) is 9.38. The highest BCUT2D eigenvalue weighted by Crippen LogP contribution is 2.43. The summed E-state index contributed by atoms with van der Waals surface area (Å²) >= 11 is 0. The van der Waals surface area contributed by atoms with E-state index < -0.39 is 0 Å². The van der Waals surface area contributed by atoms with Gasteiger partial charge >= 0.3 is 0 Å². The quantitative estimate of drug-likeness (QED) is 0.783. The van der Waals surface area contributed by atoms with Crippen LogP contribution in [0.5, 0.6) is 0 Å². The average Bonchev–Trinajstić information content (AvgIpc) is 3.16. The molecule has 0 bridgehead atoms. The van der Waals surface area contributed by atoms with E-state index in [9.17, 15) is 0 Å². The van der Waals surface area contributed by atoms with Gasteiger partial charge in [0.15, 0.2) is 0 Å². The van der Waals surface area contributed by atoms with E-state index in [0.29, 0.717) is 23.4 Å². The summed E-state index contributed by atoms with van der Waals surface area (Å²) in [5.74, 6) is 0.595. The number of aryl methyl sites for hydroxylation is 2. The molecule has 0 fully saturated rings. The highest BCUT2D eigenvalue weighted by molar-refractivity contribution is 5.27. The van der Waals surface area contributed by atoms with E-state index in [2.05, 4.69) is 61.5 Å².